The number of hydrogen-bond donors (Lipinski definition) is 0. The number of unbranched alkanes of at least 4 members (excludes halogenated alkanes) is 17. The van der Waals surface area contributed by atoms with Gasteiger partial charge < -0.3 is 9.05 Å². The average Bonchev–Trinajstić information content (AvgIpc) is 2.78. The molecule has 34 heavy (non-hydrogen) atoms. The molecule has 4 heteroatoms. The van der Waals surface area contributed by atoms with Crippen LogP contribution in [-0.4, -0.2) is 18.4 Å². The quantitative estimate of drug-likeness (QED) is 0.0827. The Labute approximate surface area is 215 Å². The number of rotatable bonds is 27. The van der Waals surface area contributed by atoms with Crippen molar-refractivity contribution >= 4 is 7.60 Å². The lowest BCUT2D eigenvalue weighted by atomic mass is 10.0. The highest BCUT2D eigenvalue weighted by molar-refractivity contribution is 7.53. The van der Waals surface area contributed by atoms with E-state index in [9.17, 15) is 4.57 Å². The molecule has 0 amide bonds. The fourth-order valence-corrected chi connectivity index (χ4v) is 6.98. The Hall–Kier alpha value is 0.150. The standard InChI is InChI=1S/C30H63O3P/c1-6-9-10-11-12-13-14-15-16-17-18-19-20-21-22-23-24-25-28-34(31,32-29(4)26-7-2)33-30(5)27-8-3/h29-30H,6-28H2,1-5H3. The third-order valence-electron chi connectivity index (χ3n) is 6.86. The molecule has 0 aliphatic carbocycles. The maximum Gasteiger partial charge on any atom is 0.331 e. The summed E-state index contributed by atoms with van der Waals surface area (Å²) in [7, 11) is -2.98. The lowest BCUT2D eigenvalue weighted by Gasteiger charge is -2.25. The van der Waals surface area contributed by atoms with Crippen LogP contribution in [0.2, 0.25) is 0 Å². The normalized spacial score (nSPS) is 15.3. The van der Waals surface area contributed by atoms with E-state index < -0.39 is 7.60 Å². The summed E-state index contributed by atoms with van der Waals surface area (Å²) in [5.41, 5.74) is 0. The first-order chi connectivity index (χ1) is 16.5. The lowest BCUT2D eigenvalue weighted by molar-refractivity contribution is 0.118. The molecule has 0 aromatic rings. The Morgan fingerprint density at radius 1 is 0.471 bits per heavy atom. The van der Waals surface area contributed by atoms with Crippen LogP contribution in [0.25, 0.3) is 0 Å². The zero-order chi connectivity index (χ0) is 25.3. The molecule has 0 saturated carbocycles. The second-order valence-corrected chi connectivity index (χ2v) is 12.8. The first-order valence-electron chi connectivity index (χ1n) is 15.4. The maximum absolute atomic E-state index is 13.3. The highest BCUT2D eigenvalue weighted by atomic mass is 31.2. The topological polar surface area (TPSA) is 35.5 Å². The van der Waals surface area contributed by atoms with Crippen molar-refractivity contribution in [3.63, 3.8) is 0 Å². The molecule has 0 fully saturated rings. The van der Waals surface area contributed by atoms with E-state index in [1.807, 2.05) is 13.8 Å². The third kappa shape index (κ3) is 22.6. The first kappa shape index (κ1) is 34.1. The van der Waals surface area contributed by atoms with Gasteiger partial charge in [-0.25, -0.2) is 0 Å². The zero-order valence-electron chi connectivity index (χ0n) is 24.1. The minimum absolute atomic E-state index is 0.0141. The molecule has 206 valence electrons. The van der Waals surface area contributed by atoms with Crippen LogP contribution in [0.5, 0.6) is 0 Å². The molecule has 2 atom stereocenters. The molecule has 0 aromatic heterocycles. The van der Waals surface area contributed by atoms with Crippen LogP contribution in [-0.2, 0) is 13.6 Å². The van der Waals surface area contributed by atoms with E-state index in [0.717, 1.165) is 38.5 Å². The van der Waals surface area contributed by atoms with Crippen molar-refractivity contribution in [3.05, 3.63) is 0 Å². The second kappa shape index (κ2) is 24.8. The Morgan fingerprint density at radius 3 is 1.06 bits per heavy atom. The minimum Gasteiger partial charge on any atom is -0.306 e. The molecule has 0 radical (unpaired) electrons. The van der Waals surface area contributed by atoms with Crippen molar-refractivity contribution in [1.29, 1.82) is 0 Å². The van der Waals surface area contributed by atoms with Crippen molar-refractivity contribution in [2.45, 2.75) is 188 Å². The van der Waals surface area contributed by atoms with E-state index in [0.29, 0.717) is 6.16 Å². The van der Waals surface area contributed by atoms with E-state index in [1.165, 1.54) is 103 Å². The summed E-state index contributed by atoms with van der Waals surface area (Å²) in [5.74, 6) is 0. The van der Waals surface area contributed by atoms with Gasteiger partial charge in [0.2, 0.25) is 0 Å². The molecule has 0 heterocycles. The van der Waals surface area contributed by atoms with Crippen LogP contribution in [0.15, 0.2) is 0 Å². The van der Waals surface area contributed by atoms with Gasteiger partial charge >= 0.3 is 7.60 Å². The summed E-state index contributed by atoms with van der Waals surface area (Å²) >= 11 is 0. The molecular weight excluding hydrogens is 439 g/mol. The summed E-state index contributed by atoms with van der Waals surface area (Å²) in [6.07, 6.45) is 29.1. The van der Waals surface area contributed by atoms with Crippen LogP contribution in [0, 0.1) is 0 Å². The van der Waals surface area contributed by atoms with Gasteiger partial charge in [-0.15, -0.1) is 0 Å². The largest absolute Gasteiger partial charge is 0.331 e. The molecule has 2 unspecified atom stereocenters. The molecule has 0 bridgehead atoms. The van der Waals surface area contributed by atoms with Gasteiger partial charge in [-0.05, 0) is 33.1 Å². The Kier molecular flexibility index (Phi) is 24.9. The van der Waals surface area contributed by atoms with Gasteiger partial charge in [-0.3, -0.25) is 4.57 Å². The fraction of sp³-hybridized carbons (Fsp3) is 1.00. The van der Waals surface area contributed by atoms with Gasteiger partial charge in [0.15, 0.2) is 0 Å². The number of hydrogen-bond acceptors (Lipinski definition) is 3. The van der Waals surface area contributed by atoms with Gasteiger partial charge in [-0.1, -0.05) is 143 Å². The third-order valence-corrected chi connectivity index (χ3v) is 9.08. The van der Waals surface area contributed by atoms with Crippen LogP contribution >= 0.6 is 7.60 Å². The van der Waals surface area contributed by atoms with Crippen molar-refractivity contribution in [1.82, 2.24) is 0 Å². The Balaban J connectivity index is 3.69. The molecule has 0 saturated heterocycles. The summed E-state index contributed by atoms with van der Waals surface area (Å²) in [4.78, 5) is 0. The molecule has 0 rings (SSSR count). The van der Waals surface area contributed by atoms with Crippen molar-refractivity contribution in [2.75, 3.05) is 6.16 Å². The van der Waals surface area contributed by atoms with Gasteiger partial charge in [0.05, 0.1) is 18.4 Å². The van der Waals surface area contributed by atoms with Crippen molar-refractivity contribution in [3.8, 4) is 0 Å². The van der Waals surface area contributed by atoms with Crippen molar-refractivity contribution < 1.29 is 13.6 Å². The first-order valence-corrected chi connectivity index (χ1v) is 17.2. The van der Waals surface area contributed by atoms with E-state index in [-0.39, 0.29) is 12.2 Å². The van der Waals surface area contributed by atoms with Crippen molar-refractivity contribution in [2.24, 2.45) is 0 Å². The molecule has 0 N–H and O–H groups in total. The summed E-state index contributed by atoms with van der Waals surface area (Å²) < 4.78 is 25.2. The highest BCUT2D eigenvalue weighted by Crippen LogP contribution is 2.52. The van der Waals surface area contributed by atoms with E-state index in [4.69, 9.17) is 9.05 Å². The predicted molar refractivity (Wildman–Crippen MR) is 152 cm³/mol. The predicted octanol–water partition coefficient (Wildman–Crippen LogP) is 11.6. The molecule has 0 aliphatic rings. The van der Waals surface area contributed by atoms with Crippen LogP contribution < -0.4 is 0 Å². The molecule has 0 aliphatic heterocycles. The van der Waals surface area contributed by atoms with Gasteiger partial charge in [0.1, 0.15) is 0 Å². The lowest BCUT2D eigenvalue weighted by Crippen LogP contribution is -2.14. The Morgan fingerprint density at radius 2 is 0.765 bits per heavy atom. The van der Waals surface area contributed by atoms with Gasteiger partial charge in [0.25, 0.3) is 0 Å². The highest BCUT2D eigenvalue weighted by Gasteiger charge is 2.28. The zero-order valence-corrected chi connectivity index (χ0v) is 25.0. The fourth-order valence-electron chi connectivity index (χ4n) is 4.80. The maximum atomic E-state index is 13.3. The average molecular weight is 503 g/mol. The smallest absolute Gasteiger partial charge is 0.306 e. The summed E-state index contributed by atoms with van der Waals surface area (Å²) in [6, 6.07) is 0. The summed E-state index contributed by atoms with van der Waals surface area (Å²) in [5, 5.41) is 0. The van der Waals surface area contributed by atoms with Crippen LogP contribution in [0.3, 0.4) is 0 Å². The summed E-state index contributed by atoms with van der Waals surface area (Å²) in [6.45, 7) is 10.6. The molecule has 0 spiro atoms. The van der Waals surface area contributed by atoms with E-state index in [2.05, 4.69) is 20.8 Å². The van der Waals surface area contributed by atoms with Crippen LogP contribution in [0.1, 0.15) is 176 Å². The second-order valence-electron chi connectivity index (χ2n) is 10.8. The molecular formula is C30H63O3P. The SMILES string of the molecule is CCCCCCCCCCCCCCCCCCCCP(=O)(OC(C)CCC)OC(C)CCC. The van der Waals surface area contributed by atoms with Gasteiger partial charge in [-0.2, -0.15) is 0 Å². The minimum atomic E-state index is -2.98. The van der Waals surface area contributed by atoms with Crippen LogP contribution in [0.4, 0.5) is 0 Å². The monoisotopic (exact) mass is 502 g/mol. The Bertz CT molecular complexity index is 436. The van der Waals surface area contributed by atoms with E-state index >= 15 is 0 Å². The molecule has 3 nitrogen and oxygen atoms in total. The molecule has 0 aromatic carbocycles. The van der Waals surface area contributed by atoms with Gasteiger partial charge in [0, 0.05) is 0 Å². The van der Waals surface area contributed by atoms with E-state index in [1.54, 1.807) is 0 Å².